The molecule has 0 atom stereocenters. The third-order valence-corrected chi connectivity index (χ3v) is 2.46. The summed E-state index contributed by atoms with van der Waals surface area (Å²) in [6.45, 7) is 1.89. The van der Waals surface area contributed by atoms with Crippen LogP contribution >= 0.6 is 23.2 Å². The van der Waals surface area contributed by atoms with Crippen molar-refractivity contribution in [3.8, 4) is 0 Å². The van der Waals surface area contributed by atoms with Gasteiger partial charge in [-0.25, -0.2) is 13.8 Å². The first-order valence-corrected chi connectivity index (χ1v) is 5.49. The van der Waals surface area contributed by atoms with E-state index in [9.17, 15) is 13.6 Å². The topological polar surface area (TPSA) is 39.2 Å². The molecule has 0 aromatic carbocycles. The predicted octanol–water partition coefficient (Wildman–Crippen LogP) is 3.43. The fourth-order valence-electron chi connectivity index (χ4n) is 1.19. The molecule has 17 heavy (non-hydrogen) atoms. The maximum atomic E-state index is 12.5. The summed E-state index contributed by atoms with van der Waals surface area (Å²) in [4.78, 5) is 14.8. The van der Waals surface area contributed by atoms with Gasteiger partial charge in [0.05, 0.1) is 29.3 Å². The fourth-order valence-corrected chi connectivity index (χ4v) is 1.83. The lowest BCUT2D eigenvalue weighted by Crippen LogP contribution is -2.09. The first kappa shape index (κ1) is 14.1. The molecule has 0 N–H and O–H groups in total. The second-order valence-electron chi connectivity index (χ2n) is 3.08. The van der Waals surface area contributed by atoms with Gasteiger partial charge in [0.25, 0.3) is 6.43 Å². The minimum absolute atomic E-state index is 0.156. The number of ether oxygens (including phenoxy) is 1. The third-order valence-electron chi connectivity index (χ3n) is 1.86. The Hall–Kier alpha value is -0.940. The van der Waals surface area contributed by atoms with Gasteiger partial charge >= 0.3 is 5.97 Å². The number of hydrogen-bond acceptors (Lipinski definition) is 3. The minimum atomic E-state index is -2.81. The summed E-state index contributed by atoms with van der Waals surface area (Å²) < 4.78 is 29.7. The molecule has 0 saturated heterocycles. The summed E-state index contributed by atoms with van der Waals surface area (Å²) in [5.41, 5.74) is -0.330. The van der Waals surface area contributed by atoms with Crippen molar-refractivity contribution in [2.75, 3.05) is 6.61 Å². The summed E-state index contributed by atoms with van der Waals surface area (Å²) in [5.74, 6) is -0.517. The first-order chi connectivity index (χ1) is 7.95. The van der Waals surface area contributed by atoms with E-state index in [2.05, 4.69) is 9.72 Å². The van der Waals surface area contributed by atoms with Crippen LogP contribution in [0.2, 0.25) is 10.2 Å². The lowest BCUT2D eigenvalue weighted by molar-refractivity contribution is -0.142. The highest BCUT2D eigenvalue weighted by atomic mass is 35.5. The van der Waals surface area contributed by atoms with Gasteiger partial charge in [0, 0.05) is 0 Å². The molecule has 1 aromatic rings. The minimum Gasteiger partial charge on any atom is -0.466 e. The van der Waals surface area contributed by atoms with E-state index in [4.69, 9.17) is 23.2 Å². The molecule has 94 valence electrons. The highest BCUT2D eigenvalue weighted by Gasteiger charge is 2.19. The summed E-state index contributed by atoms with van der Waals surface area (Å²) in [6.07, 6.45) is -2.96. The van der Waals surface area contributed by atoms with Crippen molar-refractivity contribution >= 4 is 29.2 Å². The number of esters is 1. The van der Waals surface area contributed by atoms with E-state index in [0.29, 0.717) is 0 Å². The molecule has 0 aliphatic heterocycles. The molecule has 0 saturated carbocycles. The number of pyridine rings is 1. The van der Waals surface area contributed by atoms with Crippen LogP contribution in [-0.2, 0) is 16.0 Å². The number of halogens is 4. The number of nitrogens with zero attached hydrogens (tertiary/aromatic N) is 1. The van der Waals surface area contributed by atoms with E-state index < -0.39 is 23.1 Å². The fraction of sp³-hybridized carbons (Fsp3) is 0.400. The molecule has 0 spiro atoms. The van der Waals surface area contributed by atoms with Crippen molar-refractivity contribution in [1.82, 2.24) is 4.98 Å². The molecule has 0 radical (unpaired) electrons. The van der Waals surface area contributed by atoms with Gasteiger partial charge in [0.15, 0.2) is 0 Å². The van der Waals surface area contributed by atoms with Gasteiger partial charge in [-0.1, -0.05) is 23.2 Å². The number of aromatic nitrogens is 1. The summed E-state index contributed by atoms with van der Waals surface area (Å²) >= 11 is 11.2. The lowest BCUT2D eigenvalue weighted by Gasteiger charge is -2.08. The number of alkyl halides is 2. The molecular weight excluding hydrogens is 275 g/mol. The van der Waals surface area contributed by atoms with Crippen molar-refractivity contribution in [3.05, 3.63) is 27.5 Å². The number of carbonyl (C=O) groups is 1. The second-order valence-corrected chi connectivity index (χ2v) is 3.85. The Kier molecular flexibility index (Phi) is 5.08. The summed E-state index contributed by atoms with van der Waals surface area (Å²) in [6, 6.07) is 1.19. The maximum absolute atomic E-state index is 12.5. The van der Waals surface area contributed by atoms with Gasteiger partial charge < -0.3 is 4.74 Å². The van der Waals surface area contributed by atoms with Crippen LogP contribution in [0.4, 0.5) is 8.78 Å². The molecule has 0 bridgehead atoms. The Bertz CT molecular complexity index is 404. The van der Waals surface area contributed by atoms with Crippen LogP contribution in [0.3, 0.4) is 0 Å². The molecule has 0 aliphatic carbocycles. The molecular formula is C10H9Cl2F2NO2. The highest BCUT2D eigenvalue weighted by Crippen LogP contribution is 2.32. The highest BCUT2D eigenvalue weighted by molar-refractivity contribution is 6.35. The number of hydrogen-bond donors (Lipinski definition) is 0. The van der Waals surface area contributed by atoms with E-state index in [1.165, 1.54) is 6.07 Å². The lowest BCUT2D eigenvalue weighted by atomic mass is 10.2. The Labute approximate surface area is 107 Å². The van der Waals surface area contributed by atoms with Crippen LogP contribution in [0.25, 0.3) is 0 Å². The van der Waals surface area contributed by atoms with E-state index in [0.717, 1.165) is 0 Å². The molecule has 3 nitrogen and oxygen atoms in total. The molecule has 7 heteroatoms. The van der Waals surface area contributed by atoms with E-state index in [1.807, 2.05) is 0 Å². The Balaban J connectivity index is 2.94. The quantitative estimate of drug-likeness (QED) is 0.628. The third kappa shape index (κ3) is 3.78. The first-order valence-electron chi connectivity index (χ1n) is 4.74. The predicted molar refractivity (Wildman–Crippen MR) is 59.6 cm³/mol. The van der Waals surface area contributed by atoms with Crippen molar-refractivity contribution < 1.29 is 18.3 Å². The molecule has 0 fully saturated rings. The average molecular weight is 284 g/mol. The van der Waals surface area contributed by atoms with E-state index in [-0.39, 0.29) is 23.7 Å². The SMILES string of the molecule is CCOC(=O)Cc1cc(Cl)c(C(F)F)c(Cl)n1. The standard InChI is InChI=1S/C10H9Cl2F2NO2/c1-2-17-7(16)4-5-3-6(11)8(10(13)14)9(12)15-5/h3,10H,2,4H2,1H3. The molecule has 1 aromatic heterocycles. The van der Waals surface area contributed by atoms with Gasteiger partial charge in [-0.2, -0.15) is 0 Å². The second kappa shape index (κ2) is 6.12. The van der Waals surface area contributed by atoms with Crippen molar-refractivity contribution in [2.45, 2.75) is 19.8 Å². The van der Waals surface area contributed by atoms with Crippen LogP contribution < -0.4 is 0 Å². The summed E-state index contributed by atoms with van der Waals surface area (Å²) in [5, 5.41) is -0.605. The van der Waals surface area contributed by atoms with E-state index >= 15 is 0 Å². The number of carbonyl (C=O) groups excluding carboxylic acids is 1. The molecule has 0 aliphatic rings. The molecule has 0 amide bonds. The largest absolute Gasteiger partial charge is 0.466 e. The zero-order chi connectivity index (χ0) is 13.0. The molecule has 0 unspecified atom stereocenters. The van der Waals surface area contributed by atoms with Gasteiger partial charge in [-0.15, -0.1) is 0 Å². The van der Waals surface area contributed by atoms with Gasteiger partial charge in [0.2, 0.25) is 0 Å². The number of rotatable bonds is 4. The summed E-state index contributed by atoms with van der Waals surface area (Å²) in [7, 11) is 0. The van der Waals surface area contributed by atoms with Crippen molar-refractivity contribution in [2.24, 2.45) is 0 Å². The smallest absolute Gasteiger partial charge is 0.311 e. The maximum Gasteiger partial charge on any atom is 0.311 e. The zero-order valence-corrected chi connectivity index (χ0v) is 10.4. The van der Waals surface area contributed by atoms with Crippen LogP contribution in [0, 0.1) is 0 Å². The van der Waals surface area contributed by atoms with Crippen LogP contribution in [0.15, 0.2) is 6.07 Å². The van der Waals surface area contributed by atoms with Gasteiger partial charge in [0.1, 0.15) is 5.15 Å². The van der Waals surface area contributed by atoms with Crippen molar-refractivity contribution in [1.29, 1.82) is 0 Å². The van der Waals surface area contributed by atoms with Gasteiger partial charge in [-0.3, -0.25) is 4.79 Å². The average Bonchev–Trinajstić information content (AvgIpc) is 2.15. The van der Waals surface area contributed by atoms with Crippen LogP contribution in [0.1, 0.15) is 24.6 Å². The molecule has 1 heterocycles. The Morgan fingerprint density at radius 2 is 2.18 bits per heavy atom. The monoisotopic (exact) mass is 283 g/mol. The van der Waals surface area contributed by atoms with Crippen LogP contribution in [-0.4, -0.2) is 17.6 Å². The van der Waals surface area contributed by atoms with Crippen molar-refractivity contribution in [3.63, 3.8) is 0 Å². The van der Waals surface area contributed by atoms with E-state index in [1.54, 1.807) is 6.92 Å². The Morgan fingerprint density at radius 3 is 2.65 bits per heavy atom. The zero-order valence-electron chi connectivity index (χ0n) is 8.84. The Morgan fingerprint density at radius 1 is 1.53 bits per heavy atom. The van der Waals surface area contributed by atoms with Crippen LogP contribution in [0.5, 0.6) is 0 Å². The normalized spacial score (nSPS) is 10.7. The molecule has 1 rings (SSSR count). The van der Waals surface area contributed by atoms with Gasteiger partial charge in [-0.05, 0) is 13.0 Å².